The Morgan fingerprint density at radius 1 is 1.53 bits per heavy atom. The van der Waals surface area contributed by atoms with Gasteiger partial charge in [-0.2, -0.15) is 5.10 Å². The highest BCUT2D eigenvalue weighted by Crippen LogP contribution is 2.21. The smallest absolute Gasteiger partial charge is 0.255 e. The van der Waals surface area contributed by atoms with Gasteiger partial charge >= 0.3 is 0 Å². The van der Waals surface area contributed by atoms with E-state index in [0.717, 1.165) is 10.0 Å². The number of carbonyl (C=O) groups is 1. The number of nitrogens with two attached hydrogens (primary N) is 1. The van der Waals surface area contributed by atoms with Gasteiger partial charge in [-0.05, 0) is 34.1 Å². The normalized spacial score (nSPS) is 10.5. The Morgan fingerprint density at radius 3 is 2.89 bits per heavy atom. The summed E-state index contributed by atoms with van der Waals surface area (Å²) >= 11 is 3.37. The molecule has 0 bridgehead atoms. The summed E-state index contributed by atoms with van der Waals surface area (Å²) in [6.45, 7) is 0.508. The largest absolute Gasteiger partial charge is 0.399 e. The maximum Gasteiger partial charge on any atom is 0.255 e. The molecular weight excluding hydrogens is 308 g/mol. The van der Waals surface area contributed by atoms with Gasteiger partial charge in [0, 0.05) is 42.6 Å². The van der Waals surface area contributed by atoms with E-state index in [2.05, 4.69) is 21.0 Å². The van der Waals surface area contributed by atoms with Crippen molar-refractivity contribution in [1.82, 2.24) is 14.7 Å². The van der Waals surface area contributed by atoms with E-state index in [-0.39, 0.29) is 5.91 Å². The average molecular weight is 323 g/mol. The minimum absolute atomic E-state index is 0.0805. The minimum atomic E-state index is -0.0805. The molecule has 0 fully saturated rings. The van der Waals surface area contributed by atoms with Crippen molar-refractivity contribution in [3.63, 3.8) is 0 Å². The van der Waals surface area contributed by atoms with Gasteiger partial charge in [0.1, 0.15) is 0 Å². The first-order chi connectivity index (χ1) is 8.97. The Kier molecular flexibility index (Phi) is 3.90. The van der Waals surface area contributed by atoms with Crippen LogP contribution in [0.15, 0.2) is 35.1 Å². The fourth-order valence-corrected chi connectivity index (χ4v) is 2.23. The van der Waals surface area contributed by atoms with Crippen LogP contribution in [0.4, 0.5) is 5.69 Å². The molecule has 19 heavy (non-hydrogen) atoms. The number of rotatable bonds is 3. The third kappa shape index (κ3) is 3.14. The second kappa shape index (κ2) is 5.44. The Hall–Kier alpha value is -1.82. The van der Waals surface area contributed by atoms with Gasteiger partial charge in [0.25, 0.3) is 5.91 Å². The lowest BCUT2D eigenvalue weighted by atomic mass is 10.1. The molecule has 0 aliphatic heterocycles. The zero-order chi connectivity index (χ0) is 14.0. The first-order valence-corrected chi connectivity index (χ1v) is 6.54. The van der Waals surface area contributed by atoms with Crippen molar-refractivity contribution >= 4 is 27.5 Å². The van der Waals surface area contributed by atoms with Crippen LogP contribution in [0.1, 0.15) is 15.9 Å². The minimum Gasteiger partial charge on any atom is -0.399 e. The Morgan fingerprint density at radius 2 is 2.26 bits per heavy atom. The van der Waals surface area contributed by atoms with Crippen molar-refractivity contribution in [2.24, 2.45) is 7.05 Å². The van der Waals surface area contributed by atoms with E-state index in [9.17, 15) is 4.79 Å². The molecule has 0 aliphatic rings. The SMILES string of the molecule is CN(Cc1cnn(C)c1)C(=O)c1cc(N)ccc1Br. The summed E-state index contributed by atoms with van der Waals surface area (Å²) in [6.07, 6.45) is 3.64. The highest BCUT2D eigenvalue weighted by Gasteiger charge is 2.15. The molecule has 0 aliphatic carbocycles. The molecule has 1 aromatic carbocycles. The number of nitrogen functional groups attached to an aromatic ring is 1. The van der Waals surface area contributed by atoms with Crippen molar-refractivity contribution in [2.45, 2.75) is 6.54 Å². The molecular formula is C13H15BrN4O. The molecule has 6 heteroatoms. The van der Waals surface area contributed by atoms with Gasteiger partial charge < -0.3 is 10.6 Å². The Labute approximate surface area is 120 Å². The Balaban J connectivity index is 2.16. The van der Waals surface area contributed by atoms with Crippen LogP contribution in [0.3, 0.4) is 0 Å². The molecule has 0 spiro atoms. The predicted molar refractivity (Wildman–Crippen MR) is 77.6 cm³/mol. The number of benzene rings is 1. The van der Waals surface area contributed by atoms with Crippen LogP contribution in [0.2, 0.25) is 0 Å². The third-order valence-corrected chi connectivity index (χ3v) is 3.44. The lowest BCUT2D eigenvalue weighted by Crippen LogP contribution is -2.26. The molecule has 1 heterocycles. The molecule has 0 saturated heterocycles. The molecule has 1 amide bonds. The summed E-state index contributed by atoms with van der Waals surface area (Å²) < 4.78 is 2.45. The molecule has 100 valence electrons. The van der Waals surface area contributed by atoms with Crippen LogP contribution in [-0.4, -0.2) is 27.6 Å². The number of aryl methyl sites for hydroxylation is 1. The second-order valence-electron chi connectivity index (χ2n) is 4.42. The second-order valence-corrected chi connectivity index (χ2v) is 5.28. The van der Waals surface area contributed by atoms with E-state index in [1.807, 2.05) is 13.2 Å². The number of halogens is 1. The summed E-state index contributed by atoms with van der Waals surface area (Å²) in [4.78, 5) is 14.0. The lowest BCUT2D eigenvalue weighted by molar-refractivity contribution is 0.0784. The summed E-state index contributed by atoms with van der Waals surface area (Å²) in [5.41, 5.74) is 7.83. The first kappa shape index (κ1) is 13.6. The maximum atomic E-state index is 12.3. The van der Waals surface area contributed by atoms with E-state index in [4.69, 9.17) is 5.73 Å². The highest BCUT2D eigenvalue weighted by molar-refractivity contribution is 9.10. The number of anilines is 1. The molecule has 5 nitrogen and oxygen atoms in total. The van der Waals surface area contributed by atoms with Gasteiger partial charge in [0.2, 0.25) is 0 Å². The van der Waals surface area contributed by atoms with Gasteiger partial charge in [-0.25, -0.2) is 0 Å². The summed E-state index contributed by atoms with van der Waals surface area (Å²) in [6, 6.07) is 5.20. The topological polar surface area (TPSA) is 64.2 Å². The van der Waals surface area contributed by atoms with Crippen LogP contribution in [0.5, 0.6) is 0 Å². The van der Waals surface area contributed by atoms with Crippen molar-refractivity contribution in [3.8, 4) is 0 Å². The summed E-state index contributed by atoms with van der Waals surface area (Å²) in [5.74, 6) is -0.0805. The number of amides is 1. The molecule has 2 rings (SSSR count). The van der Waals surface area contributed by atoms with Crippen molar-refractivity contribution < 1.29 is 4.79 Å². The zero-order valence-corrected chi connectivity index (χ0v) is 12.4. The fourth-order valence-electron chi connectivity index (χ4n) is 1.81. The van der Waals surface area contributed by atoms with Gasteiger partial charge in [-0.1, -0.05) is 0 Å². The van der Waals surface area contributed by atoms with E-state index in [1.165, 1.54) is 0 Å². The lowest BCUT2D eigenvalue weighted by Gasteiger charge is -2.17. The van der Waals surface area contributed by atoms with E-state index in [1.54, 1.807) is 41.0 Å². The van der Waals surface area contributed by atoms with Crippen molar-refractivity contribution in [1.29, 1.82) is 0 Å². The van der Waals surface area contributed by atoms with Crippen LogP contribution in [-0.2, 0) is 13.6 Å². The first-order valence-electron chi connectivity index (χ1n) is 5.75. The molecule has 0 unspecified atom stereocenters. The van der Waals surface area contributed by atoms with Crippen LogP contribution in [0.25, 0.3) is 0 Å². The van der Waals surface area contributed by atoms with E-state index < -0.39 is 0 Å². The van der Waals surface area contributed by atoms with E-state index in [0.29, 0.717) is 17.8 Å². The molecule has 2 N–H and O–H groups in total. The number of aromatic nitrogens is 2. The van der Waals surface area contributed by atoms with Gasteiger partial charge in [-0.3, -0.25) is 9.48 Å². The molecule has 0 atom stereocenters. The predicted octanol–water partition coefficient (Wildman–Crippen LogP) is 2.04. The molecule has 2 aromatic rings. The number of hydrogen-bond donors (Lipinski definition) is 1. The number of carbonyl (C=O) groups excluding carboxylic acids is 1. The highest BCUT2D eigenvalue weighted by atomic mass is 79.9. The van der Waals surface area contributed by atoms with E-state index >= 15 is 0 Å². The monoisotopic (exact) mass is 322 g/mol. The summed E-state index contributed by atoms with van der Waals surface area (Å²) in [5, 5.41) is 4.08. The van der Waals surface area contributed by atoms with Crippen LogP contribution in [0, 0.1) is 0 Å². The summed E-state index contributed by atoms with van der Waals surface area (Å²) in [7, 11) is 3.60. The fraction of sp³-hybridized carbons (Fsp3) is 0.231. The molecule has 1 aromatic heterocycles. The van der Waals surface area contributed by atoms with Gasteiger partial charge in [-0.15, -0.1) is 0 Å². The average Bonchev–Trinajstić information content (AvgIpc) is 2.77. The van der Waals surface area contributed by atoms with Crippen molar-refractivity contribution in [2.75, 3.05) is 12.8 Å². The number of nitrogens with zero attached hydrogens (tertiary/aromatic N) is 3. The Bertz CT molecular complexity index is 608. The molecule has 0 radical (unpaired) electrons. The zero-order valence-electron chi connectivity index (χ0n) is 10.8. The van der Waals surface area contributed by atoms with Gasteiger partial charge in [0.05, 0.1) is 11.8 Å². The van der Waals surface area contributed by atoms with Crippen LogP contribution >= 0.6 is 15.9 Å². The van der Waals surface area contributed by atoms with Crippen molar-refractivity contribution in [3.05, 3.63) is 46.2 Å². The third-order valence-electron chi connectivity index (χ3n) is 2.75. The molecule has 0 saturated carbocycles. The van der Waals surface area contributed by atoms with Gasteiger partial charge in [0.15, 0.2) is 0 Å². The maximum absolute atomic E-state index is 12.3. The number of hydrogen-bond acceptors (Lipinski definition) is 3. The van der Waals surface area contributed by atoms with Crippen LogP contribution < -0.4 is 5.73 Å². The standard InChI is InChI=1S/C13H15BrN4O/c1-17(7-9-6-16-18(2)8-9)13(19)11-5-10(15)3-4-12(11)14/h3-6,8H,7,15H2,1-2H3. The quantitative estimate of drug-likeness (QED) is 0.879.